The number of benzene rings is 1. The molecule has 0 saturated heterocycles. The topological polar surface area (TPSA) is 67.9 Å². The molecule has 0 spiro atoms. The van der Waals surface area contributed by atoms with Gasteiger partial charge in [0.25, 0.3) is 5.91 Å². The van der Waals surface area contributed by atoms with Crippen molar-refractivity contribution in [2.75, 3.05) is 11.4 Å². The lowest BCUT2D eigenvalue weighted by Crippen LogP contribution is -2.27. The van der Waals surface area contributed by atoms with E-state index in [2.05, 4.69) is 0 Å². The van der Waals surface area contributed by atoms with Crippen molar-refractivity contribution in [2.45, 2.75) is 13.3 Å². The van der Waals surface area contributed by atoms with Gasteiger partial charge in [-0.15, -0.1) is 0 Å². The van der Waals surface area contributed by atoms with Crippen LogP contribution in [0.2, 0.25) is 0 Å². The van der Waals surface area contributed by atoms with Crippen LogP contribution in [0, 0.1) is 22.7 Å². The predicted octanol–water partition coefficient (Wildman–Crippen LogP) is 2.24. The molecule has 0 bridgehead atoms. The molecule has 1 amide bonds. The third kappa shape index (κ3) is 1.65. The summed E-state index contributed by atoms with van der Waals surface area (Å²) in [5.41, 5.74) is 1.56. The summed E-state index contributed by atoms with van der Waals surface area (Å²) >= 11 is 0. The lowest BCUT2D eigenvalue weighted by molar-refractivity contribution is -0.113. The Balaban J connectivity index is 2.68. The zero-order valence-corrected chi connectivity index (χ0v) is 9.97. The fourth-order valence-electron chi connectivity index (χ4n) is 2.10. The van der Waals surface area contributed by atoms with E-state index in [4.69, 9.17) is 10.5 Å². The molecule has 2 rings (SSSR count). The number of fused-ring (bicyclic) bond motifs is 1. The van der Waals surface area contributed by atoms with Gasteiger partial charge in [-0.2, -0.15) is 10.5 Å². The summed E-state index contributed by atoms with van der Waals surface area (Å²) in [6.45, 7) is 2.57. The first-order valence-electron chi connectivity index (χ1n) is 5.70. The van der Waals surface area contributed by atoms with Gasteiger partial charge in [0.15, 0.2) is 0 Å². The van der Waals surface area contributed by atoms with E-state index in [1.807, 2.05) is 19.1 Å². The van der Waals surface area contributed by atoms with Crippen LogP contribution in [-0.4, -0.2) is 12.5 Å². The number of allylic oxidation sites excluding steroid dienone is 1. The summed E-state index contributed by atoms with van der Waals surface area (Å²) < 4.78 is 0. The Labute approximate surface area is 105 Å². The van der Waals surface area contributed by atoms with Gasteiger partial charge in [0.2, 0.25) is 0 Å². The zero-order chi connectivity index (χ0) is 13.1. The quantitative estimate of drug-likeness (QED) is 0.585. The van der Waals surface area contributed by atoms with Crippen LogP contribution in [0.3, 0.4) is 0 Å². The highest BCUT2D eigenvalue weighted by molar-refractivity contribution is 6.34. The minimum absolute atomic E-state index is 0.119. The Bertz CT molecular complexity index is 601. The van der Waals surface area contributed by atoms with E-state index in [0.29, 0.717) is 12.1 Å². The number of carbonyl (C=O) groups is 1. The molecule has 88 valence electrons. The minimum Gasteiger partial charge on any atom is -0.308 e. The molecule has 0 aromatic heterocycles. The summed E-state index contributed by atoms with van der Waals surface area (Å²) in [7, 11) is 0. The minimum atomic E-state index is -0.254. The van der Waals surface area contributed by atoms with Crippen LogP contribution in [0.4, 0.5) is 5.69 Å². The Morgan fingerprint density at radius 3 is 2.56 bits per heavy atom. The lowest BCUT2D eigenvalue weighted by Gasteiger charge is -2.15. The second-order valence-corrected chi connectivity index (χ2v) is 3.95. The number of para-hydroxylation sites is 1. The van der Waals surface area contributed by atoms with Crippen molar-refractivity contribution in [2.24, 2.45) is 0 Å². The number of nitrogens with zero attached hydrogens (tertiary/aromatic N) is 3. The van der Waals surface area contributed by atoms with Crippen molar-refractivity contribution in [3.05, 3.63) is 35.4 Å². The molecule has 4 nitrogen and oxygen atoms in total. The fourth-order valence-corrected chi connectivity index (χ4v) is 2.10. The molecule has 1 aliphatic rings. The summed E-state index contributed by atoms with van der Waals surface area (Å²) in [5, 5.41) is 17.9. The van der Waals surface area contributed by atoms with Crippen molar-refractivity contribution >= 4 is 17.2 Å². The van der Waals surface area contributed by atoms with Crippen LogP contribution in [-0.2, 0) is 4.79 Å². The standard InChI is InChI=1S/C14H11N3O/c1-2-7-17-12-6-4-3-5-11(12)13(14(17)18)10(8-15)9-16/h3-6H,2,7H2,1H3. The molecule has 1 aromatic rings. The lowest BCUT2D eigenvalue weighted by atomic mass is 10.0. The van der Waals surface area contributed by atoms with Crippen molar-refractivity contribution in [3.8, 4) is 12.1 Å². The highest BCUT2D eigenvalue weighted by Gasteiger charge is 2.33. The fraction of sp³-hybridized carbons (Fsp3) is 0.214. The Morgan fingerprint density at radius 2 is 1.94 bits per heavy atom. The van der Waals surface area contributed by atoms with E-state index in [1.165, 1.54) is 0 Å². The van der Waals surface area contributed by atoms with Crippen LogP contribution in [0.1, 0.15) is 18.9 Å². The van der Waals surface area contributed by atoms with Gasteiger partial charge < -0.3 is 4.90 Å². The number of nitriles is 2. The van der Waals surface area contributed by atoms with E-state index in [0.717, 1.165) is 12.1 Å². The molecule has 0 aliphatic carbocycles. The van der Waals surface area contributed by atoms with E-state index in [-0.39, 0.29) is 17.1 Å². The van der Waals surface area contributed by atoms with E-state index in [1.54, 1.807) is 29.2 Å². The number of rotatable bonds is 2. The summed E-state index contributed by atoms with van der Waals surface area (Å²) in [4.78, 5) is 13.9. The average Bonchev–Trinajstić information content (AvgIpc) is 2.67. The number of anilines is 1. The molecule has 0 saturated carbocycles. The molecule has 4 heteroatoms. The maximum absolute atomic E-state index is 12.3. The molecule has 0 unspecified atom stereocenters. The third-order valence-electron chi connectivity index (χ3n) is 2.84. The molecule has 0 N–H and O–H groups in total. The summed E-state index contributed by atoms with van der Waals surface area (Å²) in [6.07, 6.45) is 0.821. The van der Waals surface area contributed by atoms with Gasteiger partial charge in [0, 0.05) is 12.1 Å². The van der Waals surface area contributed by atoms with E-state index in [9.17, 15) is 4.79 Å². The number of hydrogen-bond donors (Lipinski definition) is 0. The summed E-state index contributed by atoms with van der Waals surface area (Å²) in [5.74, 6) is -0.254. The van der Waals surface area contributed by atoms with Gasteiger partial charge in [-0.05, 0) is 12.5 Å². The largest absolute Gasteiger partial charge is 0.308 e. The van der Waals surface area contributed by atoms with Crippen LogP contribution in [0.15, 0.2) is 29.8 Å². The number of carbonyl (C=O) groups excluding carboxylic acids is 1. The molecule has 0 atom stereocenters. The van der Waals surface area contributed by atoms with Gasteiger partial charge in [-0.3, -0.25) is 4.79 Å². The molecular formula is C14H11N3O. The monoisotopic (exact) mass is 237 g/mol. The molecule has 18 heavy (non-hydrogen) atoms. The Kier molecular flexibility index (Phi) is 3.12. The van der Waals surface area contributed by atoms with Gasteiger partial charge in [0.1, 0.15) is 17.7 Å². The molecule has 1 heterocycles. The van der Waals surface area contributed by atoms with Gasteiger partial charge in [-0.25, -0.2) is 0 Å². The second kappa shape index (κ2) is 4.73. The molecule has 1 aromatic carbocycles. The third-order valence-corrected chi connectivity index (χ3v) is 2.84. The van der Waals surface area contributed by atoms with Crippen LogP contribution < -0.4 is 4.90 Å². The maximum atomic E-state index is 12.3. The predicted molar refractivity (Wildman–Crippen MR) is 67.2 cm³/mol. The van der Waals surface area contributed by atoms with Crippen molar-refractivity contribution in [1.82, 2.24) is 0 Å². The highest BCUT2D eigenvalue weighted by atomic mass is 16.2. The van der Waals surface area contributed by atoms with Crippen LogP contribution in [0.5, 0.6) is 0 Å². The first-order chi connectivity index (χ1) is 8.74. The smallest absolute Gasteiger partial charge is 0.261 e. The molecule has 0 radical (unpaired) electrons. The van der Waals surface area contributed by atoms with Crippen LogP contribution in [0.25, 0.3) is 5.57 Å². The Morgan fingerprint density at radius 1 is 1.28 bits per heavy atom. The molecule has 0 fully saturated rings. The van der Waals surface area contributed by atoms with Crippen molar-refractivity contribution in [1.29, 1.82) is 10.5 Å². The number of hydrogen-bond acceptors (Lipinski definition) is 3. The number of amides is 1. The van der Waals surface area contributed by atoms with Crippen molar-refractivity contribution in [3.63, 3.8) is 0 Å². The summed E-state index contributed by atoms with van der Waals surface area (Å²) in [6, 6.07) is 10.8. The Hall–Kier alpha value is -2.59. The van der Waals surface area contributed by atoms with Gasteiger partial charge >= 0.3 is 0 Å². The van der Waals surface area contributed by atoms with Crippen LogP contribution >= 0.6 is 0 Å². The SMILES string of the molecule is CCCN1C(=O)C(=C(C#N)C#N)c2ccccc21. The first kappa shape index (κ1) is 11.9. The second-order valence-electron chi connectivity index (χ2n) is 3.95. The van der Waals surface area contributed by atoms with E-state index >= 15 is 0 Å². The highest BCUT2D eigenvalue weighted by Crippen LogP contribution is 2.37. The maximum Gasteiger partial charge on any atom is 0.261 e. The van der Waals surface area contributed by atoms with E-state index < -0.39 is 0 Å². The molecular weight excluding hydrogens is 226 g/mol. The average molecular weight is 237 g/mol. The first-order valence-corrected chi connectivity index (χ1v) is 5.70. The van der Waals surface area contributed by atoms with Gasteiger partial charge in [0.05, 0.1) is 11.3 Å². The normalized spacial score (nSPS) is 12.9. The molecule has 1 aliphatic heterocycles. The van der Waals surface area contributed by atoms with Crippen molar-refractivity contribution < 1.29 is 4.79 Å². The zero-order valence-electron chi connectivity index (χ0n) is 9.97. The van der Waals surface area contributed by atoms with Gasteiger partial charge in [-0.1, -0.05) is 25.1 Å².